The van der Waals surface area contributed by atoms with E-state index in [1.54, 1.807) is 16.7 Å². The van der Waals surface area contributed by atoms with Crippen LogP contribution in [0.1, 0.15) is 24.4 Å². The molecule has 0 saturated carbocycles. The van der Waals surface area contributed by atoms with Crippen LogP contribution >= 0.6 is 22.9 Å². The number of thiazole rings is 1. The third kappa shape index (κ3) is 5.29. The standard InChI is InChI=1S/C24H24ClN3O3S/c1-17(29)27-12-11-22(24-26-21(16-32-24)18-7-9-19(25)10-8-18)28(14-13-27)23(30)15-31-20-5-3-2-4-6-20/h2-10,16,22H,11-15H2,1H3. The highest BCUT2D eigenvalue weighted by Crippen LogP contribution is 2.33. The summed E-state index contributed by atoms with van der Waals surface area (Å²) in [4.78, 5) is 33.6. The molecule has 1 unspecified atom stereocenters. The van der Waals surface area contributed by atoms with Gasteiger partial charge in [-0.1, -0.05) is 41.9 Å². The number of benzene rings is 2. The van der Waals surface area contributed by atoms with Crippen molar-refractivity contribution in [2.45, 2.75) is 19.4 Å². The van der Waals surface area contributed by atoms with Gasteiger partial charge in [0.25, 0.3) is 5.91 Å². The second-order valence-corrected chi connectivity index (χ2v) is 8.90. The van der Waals surface area contributed by atoms with E-state index >= 15 is 0 Å². The predicted molar refractivity (Wildman–Crippen MR) is 126 cm³/mol. The van der Waals surface area contributed by atoms with Gasteiger partial charge >= 0.3 is 0 Å². The van der Waals surface area contributed by atoms with Gasteiger partial charge in [0.05, 0.1) is 11.7 Å². The summed E-state index contributed by atoms with van der Waals surface area (Å²) < 4.78 is 5.70. The van der Waals surface area contributed by atoms with E-state index in [9.17, 15) is 9.59 Å². The maximum atomic E-state index is 13.2. The van der Waals surface area contributed by atoms with Crippen LogP contribution in [0.3, 0.4) is 0 Å². The molecule has 0 aliphatic carbocycles. The molecule has 0 radical (unpaired) electrons. The van der Waals surface area contributed by atoms with Crippen molar-refractivity contribution in [1.29, 1.82) is 0 Å². The number of carbonyl (C=O) groups excluding carboxylic acids is 2. The maximum Gasteiger partial charge on any atom is 0.261 e. The van der Waals surface area contributed by atoms with E-state index in [0.29, 0.717) is 36.8 Å². The summed E-state index contributed by atoms with van der Waals surface area (Å²) >= 11 is 7.53. The first-order valence-electron chi connectivity index (χ1n) is 10.5. The van der Waals surface area contributed by atoms with E-state index in [1.807, 2.05) is 60.0 Å². The van der Waals surface area contributed by atoms with Gasteiger partial charge in [-0.3, -0.25) is 9.59 Å². The lowest BCUT2D eigenvalue weighted by Crippen LogP contribution is -2.40. The fourth-order valence-electron chi connectivity index (χ4n) is 3.74. The van der Waals surface area contributed by atoms with Crippen LogP contribution in [0.2, 0.25) is 5.02 Å². The first kappa shape index (κ1) is 22.3. The molecule has 0 bridgehead atoms. The molecule has 1 aliphatic rings. The molecule has 2 heterocycles. The molecule has 1 aromatic heterocycles. The number of hydrogen-bond donors (Lipinski definition) is 0. The number of hydrogen-bond acceptors (Lipinski definition) is 5. The molecule has 2 aromatic carbocycles. The molecule has 1 saturated heterocycles. The predicted octanol–water partition coefficient (Wildman–Crippen LogP) is 4.66. The summed E-state index contributed by atoms with van der Waals surface area (Å²) in [5, 5.41) is 3.52. The average molecular weight is 470 g/mol. The largest absolute Gasteiger partial charge is 0.484 e. The molecular weight excluding hydrogens is 446 g/mol. The number of nitrogens with zero attached hydrogens (tertiary/aromatic N) is 3. The van der Waals surface area contributed by atoms with E-state index in [-0.39, 0.29) is 24.5 Å². The topological polar surface area (TPSA) is 62.7 Å². The number of aromatic nitrogens is 1. The van der Waals surface area contributed by atoms with E-state index < -0.39 is 0 Å². The second-order valence-electron chi connectivity index (χ2n) is 7.58. The van der Waals surface area contributed by atoms with E-state index in [4.69, 9.17) is 21.3 Å². The molecule has 32 heavy (non-hydrogen) atoms. The molecule has 2 amide bonds. The quantitative estimate of drug-likeness (QED) is 0.545. The van der Waals surface area contributed by atoms with Crippen LogP contribution in [0.5, 0.6) is 5.75 Å². The third-order valence-electron chi connectivity index (χ3n) is 5.48. The van der Waals surface area contributed by atoms with Gasteiger partial charge in [0.2, 0.25) is 5.91 Å². The van der Waals surface area contributed by atoms with Crippen molar-refractivity contribution in [3.8, 4) is 17.0 Å². The molecular formula is C24H24ClN3O3S. The fourth-order valence-corrected chi connectivity index (χ4v) is 4.84. The number of halogens is 1. The average Bonchev–Trinajstić information content (AvgIpc) is 3.17. The molecule has 0 N–H and O–H groups in total. The van der Waals surface area contributed by atoms with Crippen molar-refractivity contribution < 1.29 is 14.3 Å². The highest BCUT2D eigenvalue weighted by atomic mass is 35.5. The molecule has 166 valence electrons. The Labute approximate surface area is 196 Å². The molecule has 3 aromatic rings. The minimum atomic E-state index is -0.211. The van der Waals surface area contributed by atoms with E-state index in [1.165, 1.54) is 11.3 Å². The van der Waals surface area contributed by atoms with Crippen molar-refractivity contribution in [2.75, 3.05) is 26.2 Å². The Kier molecular flexibility index (Phi) is 7.07. The van der Waals surface area contributed by atoms with E-state index in [0.717, 1.165) is 16.3 Å². The molecule has 8 heteroatoms. The number of para-hydroxylation sites is 1. The summed E-state index contributed by atoms with van der Waals surface area (Å²) in [6.45, 7) is 3.03. The lowest BCUT2D eigenvalue weighted by molar-refractivity contribution is -0.136. The summed E-state index contributed by atoms with van der Waals surface area (Å²) in [6.07, 6.45) is 0.629. The number of carbonyl (C=O) groups is 2. The minimum absolute atomic E-state index is 0.0135. The number of amides is 2. The molecule has 1 atom stereocenters. The van der Waals surface area contributed by atoms with E-state index in [2.05, 4.69) is 0 Å². The second kappa shape index (κ2) is 10.1. The summed E-state index contributed by atoms with van der Waals surface area (Å²) in [5.41, 5.74) is 1.82. The molecule has 0 spiro atoms. The van der Waals surface area contributed by atoms with Gasteiger partial charge in [-0.25, -0.2) is 4.98 Å². The zero-order valence-electron chi connectivity index (χ0n) is 17.7. The third-order valence-corrected chi connectivity index (χ3v) is 6.68. The Hall–Kier alpha value is -2.90. The Bertz CT molecular complexity index is 1070. The van der Waals surface area contributed by atoms with Crippen LogP contribution in [0.4, 0.5) is 0 Å². The number of rotatable bonds is 5. The maximum absolute atomic E-state index is 13.2. The Morgan fingerprint density at radius 2 is 1.84 bits per heavy atom. The minimum Gasteiger partial charge on any atom is -0.484 e. The van der Waals surface area contributed by atoms with Gasteiger partial charge in [-0.05, 0) is 30.7 Å². The zero-order chi connectivity index (χ0) is 22.5. The fraction of sp³-hybridized carbons (Fsp3) is 0.292. The van der Waals surface area contributed by atoms with Crippen molar-refractivity contribution in [3.63, 3.8) is 0 Å². The zero-order valence-corrected chi connectivity index (χ0v) is 19.3. The van der Waals surface area contributed by atoms with Crippen molar-refractivity contribution in [2.24, 2.45) is 0 Å². The first-order valence-corrected chi connectivity index (χ1v) is 11.7. The first-order chi connectivity index (χ1) is 15.5. The normalized spacial score (nSPS) is 16.5. The van der Waals surface area contributed by atoms with Gasteiger partial charge in [-0.2, -0.15) is 0 Å². The highest BCUT2D eigenvalue weighted by molar-refractivity contribution is 7.10. The van der Waals surface area contributed by atoms with Crippen LogP contribution < -0.4 is 4.74 Å². The van der Waals surface area contributed by atoms with Gasteiger partial charge in [0.1, 0.15) is 10.8 Å². The summed E-state index contributed by atoms with van der Waals surface area (Å²) in [6, 6.07) is 16.6. The van der Waals surface area contributed by atoms with Crippen LogP contribution in [-0.2, 0) is 9.59 Å². The summed E-state index contributed by atoms with van der Waals surface area (Å²) in [5.74, 6) is 0.545. The van der Waals surface area contributed by atoms with Crippen molar-refractivity contribution in [3.05, 3.63) is 70.0 Å². The molecule has 4 rings (SSSR count). The molecule has 1 fully saturated rings. The van der Waals surface area contributed by atoms with Gasteiger partial charge in [0.15, 0.2) is 6.61 Å². The lowest BCUT2D eigenvalue weighted by Gasteiger charge is -2.28. The number of ether oxygens (including phenoxy) is 1. The molecule has 1 aliphatic heterocycles. The Morgan fingerprint density at radius 3 is 2.56 bits per heavy atom. The van der Waals surface area contributed by atoms with Gasteiger partial charge < -0.3 is 14.5 Å². The van der Waals surface area contributed by atoms with Crippen molar-refractivity contribution in [1.82, 2.24) is 14.8 Å². The van der Waals surface area contributed by atoms with Gasteiger partial charge in [0, 0.05) is 42.5 Å². The SMILES string of the molecule is CC(=O)N1CCC(c2nc(-c3ccc(Cl)cc3)cs2)N(C(=O)COc2ccccc2)CC1. The molecule has 6 nitrogen and oxygen atoms in total. The summed E-state index contributed by atoms with van der Waals surface area (Å²) in [7, 11) is 0. The Morgan fingerprint density at radius 1 is 1.09 bits per heavy atom. The van der Waals surface area contributed by atoms with Crippen LogP contribution in [0.15, 0.2) is 60.0 Å². The Balaban J connectivity index is 1.55. The monoisotopic (exact) mass is 469 g/mol. The van der Waals surface area contributed by atoms with Crippen LogP contribution in [-0.4, -0.2) is 52.8 Å². The van der Waals surface area contributed by atoms with Crippen molar-refractivity contribution >= 4 is 34.8 Å². The highest BCUT2D eigenvalue weighted by Gasteiger charge is 2.32. The van der Waals surface area contributed by atoms with Crippen LogP contribution in [0.25, 0.3) is 11.3 Å². The van der Waals surface area contributed by atoms with Crippen LogP contribution in [0, 0.1) is 0 Å². The smallest absolute Gasteiger partial charge is 0.261 e. The van der Waals surface area contributed by atoms with Gasteiger partial charge in [-0.15, -0.1) is 11.3 Å². The lowest BCUT2D eigenvalue weighted by atomic mass is 10.1.